The van der Waals surface area contributed by atoms with E-state index in [1.165, 1.54) is 6.20 Å². The first kappa shape index (κ1) is 13.9. The predicted octanol–water partition coefficient (Wildman–Crippen LogP) is 3.24. The average molecular weight is 308 g/mol. The molecular formula is C14H14ClN3O3. The van der Waals surface area contributed by atoms with Gasteiger partial charge in [-0.2, -0.15) is 5.10 Å². The van der Waals surface area contributed by atoms with Crippen molar-refractivity contribution in [2.45, 2.75) is 25.8 Å². The number of rotatable bonds is 5. The predicted molar refractivity (Wildman–Crippen MR) is 75.8 cm³/mol. The lowest BCUT2D eigenvalue weighted by molar-refractivity contribution is 0.0515. The lowest BCUT2D eigenvalue weighted by atomic mass is 10.4. The minimum atomic E-state index is -0.493. The first-order chi connectivity index (χ1) is 10.2. The van der Waals surface area contributed by atoms with Crippen molar-refractivity contribution in [2.75, 3.05) is 6.61 Å². The van der Waals surface area contributed by atoms with Gasteiger partial charge in [-0.3, -0.25) is 4.68 Å². The number of ether oxygens (including phenoxy) is 2. The quantitative estimate of drug-likeness (QED) is 0.626. The molecule has 0 unspecified atom stereocenters. The molecule has 1 aliphatic carbocycles. The molecule has 0 aliphatic heterocycles. The highest BCUT2D eigenvalue weighted by molar-refractivity contribution is 6.29. The van der Waals surface area contributed by atoms with Gasteiger partial charge in [-0.05, 0) is 25.8 Å². The number of hydrogen-bond acceptors (Lipinski definition) is 5. The Morgan fingerprint density at radius 1 is 1.52 bits per heavy atom. The van der Waals surface area contributed by atoms with Gasteiger partial charge in [0.05, 0.1) is 18.8 Å². The number of carbonyl (C=O) groups is 1. The van der Waals surface area contributed by atoms with E-state index in [2.05, 4.69) is 10.1 Å². The van der Waals surface area contributed by atoms with E-state index < -0.39 is 5.97 Å². The molecular weight excluding hydrogens is 294 g/mol. The molecule has 0 amide bonds. The van der Waals surface area contributed by atoms with E-state index in [9.17, 15) is 4.79 Å². The monoisotopic (exact) mass is 307 g/mol. The molecule has 2 aromatic heterocycles. The number of hydrogen-bond donors (Lipinski definition) is 0. The van der Waals surface area contributed by atoms with E-state index in [4.69, 9.17) is 21.1 Å². The van der Waals surface area contributed by atoms with E-state index >= 15 is 0 Å². The topological polar surface area (TPSA) is 66.2 Å². The fourth-order valence-corrected chi connectivity index (χ4v) is 2.06. The molecule has 0 spiro atoms. The van der Waals surface area contributed by atoms with Crippen LogP contribution in [0, 0.1) is 0 Å². The standard InChI is InChI=1S/C14H14ClN3O3/c1-2-20-14(19)13-11(8-18(17-13)9-3-4-9)21-10-5-6-16-12(15)7-10/h5-9H,2-4H2,1H3. The van der Waals surface area contributed by atoms with Crippen LogP contribution in [0.5, 0.6) is 11.5 Å². The van der Waals surface area contributed by atoms with Gasteiger partial charge < -0.3 is 9.47 Å². The Kier molecular flexibility index (Phi) is 3.79. The number of carbonyl (C=O) groups excluding carboxylic acids is 1. The summed E-state index contributed by atoms with van der Waals surface area (Å²) in [5.74, 6) is 0.366. The maximum atomic E-state index is 12.0. The van der Waals surface area contributed by atoms with E-state index in [1.54, 1.807) is 29.9 Å². The van der Waals surface area contributed by atoms with E-state index in [0.29, 0.717) is 22.7 Å². The Balaban J connectivity index is 1.90. The van der Waals surface area contributed by atoms with Crippen molar-refractivity contribution in [3.63, 3.8) is 0 Å². The molecule has 0 aromatic carbocycles. The zero-order valence-corrected chi connectivity index (χ0v) is 12.2. The van der Waals surface area contributed by atoms with E-state index in [1.807, 2.05) is 0 Å². The molecule has 0 atom stereocenters. The molecule has 0 N–H and O–H groups in total. The van der Waals surface area contributed by atoms with Gasteiger partial charge >= 0.3 is 5.97 Å². The van der Waals surface area contributed by atoms with Crippen molar-refractivity contribution in [1.82, 2.24) is 14.8 Å². The number of pyridine rings is 1. The number of aromatic nitrogens is 3. The largest absolute Gasteiger partial charge is 0.461 e. The summed E-state index contributed by atoms with van der Waals surface area (Å²) in [5, 5.41) is 4.60. The molecule has 1 fully saturated rings. The number of halogens is 1. The third-order valence-electron chi connectivity index (χ3n) is 3.01. The van der Waals surface area contributed by atoms with Crippen LogP contribution in [0.25, 0.3) is 0 Å². The molecule has 3 rings (SSSR count). The molecule has 2 aromatic rings. The van der Waals surface area contributed by atoms with Gasteiger partial charge in [0.15, 0.2) is 5.75 Å². The van der Waals surface area contributed by atoms with Gasteiger partial charge in [0.1, 0.15) is 10.9 Å². The third-order valence-corrected chi connectivity index (χ3v) is 3.22. The van der Waals surface area contributed by atoms with Crippen LogP contribution < -0.4 is 4.74 Å². The summed E-state index contributed by atoms with van der Waals surface area (Å²) >= 11 is 5.83. The van der Waals surface area contributed by atoms with Crippen molar-refractivity contribution < 1.29 is 14.3 Å². The summed E-state index contributed by atoms with van der Waals surface area (Å²) in [6, 6.07) is 3.58. The Morgan fingerprint density at radius 2 is 2.33 bits per heavy atom. The van der Waals surface area contributed by atoms with Gasteiger partial charge in [-0.1, -0.05) is 11.6 Å². The van der Waals surface area contributed by atoms with Crippen LogP contribution in [-0.2, 0) is 4.74 Å². The fraction of sp³-hybridized carbons (Fsp3) is 0.357. The second-order valence-electron chi connectivity index (χ2n) is 4.69. The molecule has 21 heavy (non-hydrogen) atoms. The van der Waals surface area contributed by atoms with Crippen molar-refractivity contribution >= 4 is 17.6 Å². The Labute approximate surface area is 126 Å². The fourth-order valence-electron chi connectivity index (χ4n) is 1.89. The van der Waals surface area contributed by atoms with Gasteiger partial charge in [0, 0.05) is 12.3 Å². The summed E-state index contributed by atoms with van der Waals surface area (Å²) in [6.45, 7) is 2.04. The van der Waals surface area contributed by atoms with Crippen molar-refractivity contribution in [3.05, 3.63) is 35.4 Å². The summed E-state index contributed by atoms with van der Waals surface area (Å²) in [4.78, 5) is 15.8. The van der Waals surface area contributed by atoms with Gasteiger partial charge in [-0.25, -0.2) is 9.78 Å². The molecule has 0 radical (unpaired) electrons. The highest BCUT2D eigenvalue weighted by Gasteiger charge is 2.29. The second kappa shape index (κ2) is 5.73. The van der Waals surface area contributed by atoms with Crippen molar-refractivity contribution in [2.24, 2.45) is 0 Å². The van der Waals surface area contributed by atoms with Crippen LogP contribution in [0.3, 0.4) is 0 Å². The zero-order chi connectivity index (χ0) is 14.8. The SMILES string of the molecule is CCOC(=O)c1nn(C2CC2)cc1Oc1ccnc(Cl)c1. The molecule has 110 valence electrons. The van der Waals surface area contributed by atoms with E-state index in [0.717, 1.165) is 12.8 Å². The van der Waals surface area contributed by atoms with Crippen LogP contribution in [0.1, 0.15) is 36.3 Å². The third kappa shape index (κ3) is 3.16. The van der Waals surface area contributed by atoms with Crippen LogP contribution in [0.2, 0.25) is 5.15 Å². The summed E-state index contributed by atoms with van der Waals surface area (Å²) in [7, 11) is 0. The minimum absolute atomic E-state index is 0.177. The lowest BCUT2D eigenvalue weighted by Crippen LogP contribution is -2.07. The molecule has 2 heterocycles. The first-order valence-corrected chi connectivity index (χ1v) is 7.11. The van der Waals surface area contributed by atoms with Crippen molar-refractivity contribution in [1.29, 1.82) is 0 Å². The van der Waals surface area contributed by atoms with Gasteiger partial charge in [0.2, 0.25) is 5.69 Å². The second-order valence-corrected chi connectivity index (χ2v) is 5.08. The van der Waals surface area contributed by atoms with Crippen LogP contribution in [0.15, 0.2) is 24.5 Å². The molecule has 7 heteroatoms. The Bertz CT molecular complexity index is 667. The summed E-state index contributed by atoms with van der Waals surface area (Å²) in [5.41, 5.74) is 0.177. The molecule has 0 saturated heterocycles. The lowest BCUT2D eigenvalue weighted by Gasteiger charge is -2.05. The minimum Gasteiger partial charge on any atom is -0.461 e. The maximum absolute atomic E-state index is 12.0. The Morgan fingerprint density at radius 3 is 3.00 bits per heavy atom. The maximum Gasteiger partial charge on any atom is 0.362 e. The molecule has 0 bridgehead atoms. The zero-order valence-electron chi connectivity index (χ0n) is 11.5. The summed E-state index contributed by atoms with van der Waals surface area (Å²) in [6.07, 6.45) is 5.38. The van der Waals surface area contributed by atoms with Gasteiger partial charge in [0.25, 0.3) is 0 Å². The first-order valence-electron chi connectivity index (χ1n) is 6.73. The Hall–Kier alpha value is -2.08. The molecule has 6 nitrogen and oxygen atoms in total. The smallest absolute Gasteiger partial charge is 0.362 e. The number of nitrogens with zero attached hydrogens (tertiary/aromatic N) is 3. The van der Waals surface area contributed by atoms with Gasteiger partial charge in [-0.15, -0.1) is 0 Å². The molecule has 1 saturated carbocycles. The van der Waals surface area contributed by atoms with Crippen molar-refractivity contribution in [3.8, 4) is 11.5 Å². The highest BCUT2D eigenvalue weighted by atomic mass is 35.5. The summed E-state index contributed by atoms with van der Waals surface area (Å²) < 4.78 is 12.5. The highest BCUT2D eigenvalue weighted by Crippen LogP contribution is 2.37. The van der Waals surface area contributed by atoms with Crippen LogP contribution >= 0.6 is 11.6 Å². The van der Waals surface area contributed by atoms with E-state index in [-0.39, 0.29) is 12.3 Å². The normalized spacial score (nSPS) is 14.0. The van der Waals surface area contributed by atoms with Crippen LogP contribution in [-0.4, -0.2) is 27.3 Å². The number of esters is 1. The van der Waals surface area contributed by atoms with Crippen LogP contribution in [0.4, 0.5) is 0 Å². The average Bonchev–Trinajstić information content (AvgIpc) is 3.21. The molecule has 1 aliphatic rings.